The number of methoxy groups -OCH3 is 1. The van der Waals surface area contributed by atoms with Gasteiger partial charge in [0.25, 0.3) is 5.91 Å². The van der Waals surface area contributed by atoms with Crippen molar-refractivity contribution in [2.24, 2.45) is 0 Å². The van der Waals surface area contributed by atoms with Gasteiger partial charge >= 0.3 is 0 Å². The fourth-order valence-corrected chi connectivity index (χ4v) is 4.21. The molecule has 0 saturated carbocycles. The summed E-state index contributed by atoms with van der Waals surface area (Å²) in [5.41, 5.74) is 4.17. The summed E-state index contributed by atoms with van der Waals surface area (Å²) in [6, 6.07) is 30.8. The molecule has 0 aromatic heterocycles. The van der Waals surface area contributed by atoms with Crippen LogP contribution in [0.5, 0.6) is 5.75 Å². The van der Waals surface area contributed by atoms with E-state index in [4.69, 9.17) is 16.3 Å². The topological polar surface area (TPSA) is 58.6 Å². The molecule has 0 fully saturated rings. The molecule has 4 aromatic rings. The van der Waals surface area contributed by atoms with E-state index in [-0.39, 0.29) is 24.8 Å². The average Bonchev–Trinajstić information content (AvgIpc) is 2.91. The second-order valence-electron chi connectivity index (χ2n) is 8.84. The zero-order valence-corrected chi connectivity index (χ0v) is 21.6. The Morgan fingerprint density at radius 3 is 2.11 bits per heavy atom. The van der Waals surface area contributed by atoms with Crippen LogP contribution in [-0.4, -0.2) is 23.8 Å². The summed E-state index contributed by atoms with van der Waals surface area (Å²) in [5, 5.41) is 3.60. The molecule has 4 rings (SSSR count). The summed E-state index contributed by atoms with van der Waals surface area (Å²) >= 11 is 6.10. The normalized spacial score (nSPS) is 11.4. The van der Waals surface area contributed by atoms with Gasteiger partial charge in [0.15, 0.2) is 0 Å². The molecule has 188 valence electrons. The number of hydrogen-bond acceptors (Lipinski definition) is 3. The van der Waals surface area contributed by atoms with Gasteiger partial charge in [0, 0.05) is 17.3 Å². The van der Waals surface area contributed by atoms with Crippen molar-refractivity contribution in [3.8, 4) is 5.75 Å². The van der Waals surface area contributed by atoms with E-state index >= 15 is 0 Å². The van der Waals surface area contributed by atoms with Crippen LogP contribution in [0.25, 0.3) is 0 Å². The van der Waals surface area contributed by atoms with E-state index in [9.17, 15) is 9.59 Å². The maximum absolute atomic E-state index is 13.8. The van der Waals surface area contributed by atoms with Gasteiger partial charge < -0.3 is 15.0 Å². The van der Waals surface area contributed by atoms with Crippen LogP contribution in [-0.2, 0) is 22.6 Å². The highest BCUT2D eigenvalue weighted by atomic mass is 35.5. The Balaban J connectivity index is 1.72. The maximum Gasteiger partial charge on any atom is 0.251 e. The monoisotopic (exact) mass is 512 g/mol. The average molecular weight is 513 g/mol. The summed E-state index contributed by atoms with van der Waals surface area (Å²) in [4.78, 5) is 29.3. The van der Waals surface area contributed by atoms with Gasteiger partial charge in [-0.15, -0.1) is 0 Å². The molecule has 0 spiro atoms. The van der Waals surface area contributed by atoms with E-state index in [0.29, 0.717) is 16.5 Å². The van der Waals surface area contributed by atoms with Crippen LogP contribution in [0, 0.1) is 6.92 Å². The summed E-state index contributed by atoms with van der Waals surface area (Å²) in [5.74, 6) is 0.233. The molecule has 6 heteroatoms. The Bertz CT molecular complexity index is 1320. The van der Waals surface area contributed by atoms with Crippen LogP contribution < -0.4 is 10.1 Å². The van der Waals surface area contributed by atoms with Gasteiger partial charge in [0.2, 0.25) is 5.91 Å². The number of anilines is 1. The van der Waals surface area contributed by atoms with Gasteiger partial charge in [-0.3, -0.25) is 9.59 Å². The van der Waals surface area contributed by atoms with Crippen molar-refractivity contribution < 1.29 is 14.3 Å². The number of hydrogen-bond donors (Lipinski definition) is 1. The summed E-state index contributed by atoms with van der Waals surface area (Å²) < 4.78 is 5.23. The molecule has 0 saturated heterocycles. The Morgan fingerprint density at radius 1 is 0.838 bits per heavy atom. The molecular formula is C31H29ClN2O3. The van der Waals surface area contributed by atoms with Crippen molar-refractivity contribution in [3.63, 3.8) is 0 Å². The number of benzene rings is 4. The molecular weight excluding hydrogens is 484 g/mol. The maximum atomic E-state index is 13.8. The number of carbonyl (C=O) groups excluding carboxylic acids is 2. The number of halogens is 1. The number of aryl methyl sites for hydroxylation is 1. The number of rotatable bonds is 9. The predicted octanol–water partition coefficient (Wildman–Crippen LogP) is 6.61. The molecule has 1 N–H and O–H groups in total. The third kappa shape index (κ3) is 6.99. The molecule has 0 radical (unpaired) electrons. The number of nitrogens with zero attached hydrogens (tertiary/aromatic N) is 1. The standard InChI is InChI=1S/C31H29ClN2O3/c1-22-8-12-25(13-9-22)30(31(36)33-27-16-18-28(37-2)19-17-27)34(21-24-10-14-26(32)15-11-24)29(35)20-23-6-4-3-5-7-23/h3-19,30H,20-21H2,1-2H3,(H,33,36). The smallest absolute Gasteiger partial charge is 0.251 e. The second kappa shape index (κ2) is 12.2. The summed E-state index contributed by atoms with van der Waals surface area (Å²) in [6.45, 7) is 2.24. The van der Waals surface area contributed by atoms with Crippen molar-refractivity contribution in [1.29, 1.82) is 0 Å². The van der Waals surface area contributed by atoms with Gasteiger partial charge in [0.1, 0.15) is 11.8 Å². The predicted molar refractivity (Wildman–Crippen MR) is 148 cm³/mol. The highest BCUT2D eigenvalue weighted by molar-refractivity contribution is 6.30. The van der Waals surface area contributed by atoms with Gasteiger partial charge in [-0.25, -0.2) is 0 Å². The van der Waals surface area contributed by atoms with E-state index in [1.807, 2.05) is 73.7 Å². The van der Waals surface area contributed by atoms with Gasteiger partial charge in [-0.2, -0.15) is 0 Å². The van der Waals surface area contributed by atoms with Crippen molar-refractivity contribution in [2.75, 3.05) is 12.4 Å². The van der Waals surface area contributed by atoms with Crippen molar-refractivity contribution >= 4 is 29.1 Å². The zero-order valence-electron chi connectivity index (χ0n) is 20.9. The van der Waals surface area contributed by atoms with Crippen LogP contribution in [0.2, 0.25) is 5.02 Å². The third-order valence-corrected chi connectivity index (χ3v) is 6.35. The van der Waals surface area contributed by atoms with Crippen LogP contribution in [0.3, 0.4) is 0 Å². The number of nitrogens with one attached hydrogen (secondary N) is 1. The highest BCUT2D eigenvalue weighted by Crippen LogP contribution is 2.27. The van der Waals surface area contributed by atoms with Gasteiger partial charge in [-0.05, 0) is 60.0 Å². The second-order valence-corrected chi connectivity index (χ2v) is 9.28. The van der Waals surface area contributed by atoms with E-state index in [1.165, 1.54) is 0 Å². The van der Waals surface area contributed by atoms with Crippen LogP contribution in [0.4, 0.5) is 5.69 Å². The van der Waals surface area contributed by atoms with Crippen molar-refractivity contribution in [3.05, 3.63) is 130 Å². The summed E-state index contributed by atoms with van der Waals surface area (Å²) in [6.07, 6.45) is 0.173. The summed E-state index contributed by atoms with van der Waals surface area (Å²) in [7, 11) is 1.59. The largest absolute Gasteiger partial charge is 0.497 e. The van der Waals surface area contributed by atoms with Crippen molar-refractivity contribution in [2.45, 2.75) is 25.9 Å². The molecule has 0 aliphatic carbocycles. The molecule has 0 aliphatic rings. The van der Waals surface area contributed by atoms with E-state index in [2.05, 4.69) is 5.32 Å². The van der Waals surface area contributed by atoms with Crippen molar-refractivity contribution in [1.82, 2.24) is 4.90 Å². The first-order chi connectivity index (χ1) is 17.9. The first-order valence-corrected chi connectivity index (χ1v) is 12.4. The van der Waals surface area contributed by atoms with Gasteiger partial charge in [0.05, 0.1) is 13.5 Å². The highest BCUT2D eigenvalue weighted by Gasteiger charge is 2.31. The lowest BCUT2D eigenvalue weighted by molar-refractivity contribution is -0.139. The minimum atomic E-state index is -0.852. The van der Waals surface area contributed by atoms with Crippen LogP contribution >= 0.6 is 11.6 Å². The molecule has 0 bridgehead atoms. The van der Waals surface area contributed by atoms with E-state index < -0.39 is 6.04 Å². The molecule has 2 amide bonds. The quantitative estimate of drug-likeness (QED) is 0.274. The SMILES string of the molecule is COc1ccc(NC(=O)C(c2ccc(C)cc2)N(Cc2ccc(Cl)cc2)C(=O)Cc2ccccc2)cc1. The molecule has 37 heavy (non-hydrogen) atoms. The fraction of sp³-hybridized carbons (Fsp3) is 0.161. The lowest BCUT2D eigenvalue weighted by atomic mass is 10.00. The molecule has 5 nitrogen and oxygen atoms in total. The lowest BCUT2D eigenvalue weighted by Gasteiger charge is -2.32. The first-order valence-electron chi connectivity index (χ1n) is 12.0. The molecule has 0 aliphatic heterocycles. The molecule has 1 unspecified atom stereocenters. The molecule has 0 heterocycles. The molecule has 1 atom stereocenters. The number of carbonyl (C=O) groups is 2. The van der Waals surface area contributed by atoms with Gasteiger partial charge in [-0.1, -0.05) is 83.9 Å². The lowest BCUT2D eigenvalue weighted by Crippen LogP contribution is -2.41. The minimum absolute atomic E-state index is 0.156. The third-order valence-electron chi connectivity index (χ3n) is 6.10. The number of ether oxygens (including phenoxy) is 1. The Labute approximate surface area is 222 Å². The van der Waals surface area contributed by atoms with E-state index in [1.54, 1.807) is 48.4 Å². The molecule has 4 aromatic carbocycles. The Hall–Kier alpha value is -4.09. The zero-order chi connectivity index (χ0) is 26.2. The minimum Gasteiger partial charge on any atom is -0.497 e. The first kappa shape index (κ1) is 26.0. The number of amides is 2. The Morgan fingerprint density at radius 2 is 1.49 bits per heavy atom. The van der Waals surface area contributed by atoms with Crippen LogP contribution in [0.15, 0.2) is 103 Å². The van der Waals surface area contributed by atoms with Crippen LogP contribution in [0.1, 0.15) is 28.3 Å². The van der Waals surface area contributed by atoms with E-state index in [0.717, 1.165) is 22.3 Å². The fourth-order valence-electron chi connectivity index (χ4n) is 4.09. The Kier molecular flexibility index (Phi) is 8.60.